The fraction of sp³-hybridized carbons (Fsp3) is 0.545. The molecular formula is C11H14F3N3O. The van der Waals surface area contributed by atoms with Gasteiger partial charge >= 0.3 is 6.18 Å². The van der Waals surface area contributed by atoms with Crippen molar-refractivity contribution in [2.24, 2.45) is 5.73 Å². The van der Waals surface area contributed by atoms with E-state index in [0.29, 0.717) is 37.7 Å². The van der Waals surface area contributed by atoms with Crippen molar-refractivity contribution < 1.29 is 17.9 Å². The topological polar surface area (TPSA) is 51.4 Å². The van der Waals surface area contributed by atoms with Crippen LogP contribution < -0.4 is 10.6 Å². The Labute approximate surface area is 103 Å². The van der Waals surface area contributed by atoms with E-state index in [1.165, 1.54) is 6.07 Å². The summed E-state index contributed by atoms with van der Waals surface area (Å²) in [6.07, 6.45) is -4.44. The lowest BCUT2D eigenvalue weighted by atomic mass is 10.2. The third-order valence-electron chi connectivity index (χ3n) is 2.78. The molecule has 0 aliphatic carbocycles. The van der Waals surface area contributed by atoms with Gasteiger partial charge in [-0.3, -0.25) is 0 Å². The summed E-state index contributed by atoms with van der Waals surface area (Å²) in [4.78, 5) is 5.48. The minimum atomic E-state index is -4.44. The number of alkyl halides is 3. The third kappa shape index (κ3) is 2.73. The number of morpholine rings is 1. The molecule has 2 N–H and O–H groups in total. The first kappa shape index (κ1) is 13.1. The molecule has 0 amide bonds. The first-order valence-corrected chi connectivity index (χ1v) is 5.62. The zero-order valence-electron chi connectivity index (χ0n) is 9.70. The molecule has 1 aliphatic rings. The van der Waals surface area contributed by atoms with Gasteiger partial charge in [-0.05, 0) is 6.07 Å². The van der Waals surface area contributed by atoms with Crippen molar-refractivity contribution in [3.8, 4) is 0 Å². The van der Waals surface area contributed by atoms with Crippen LogP contribution in [0.25, 0.3) is 0 Å². The van der Waals surface area contributed by atoms with Gasteiger partial charge in [0.25, 0.3) is 0 Å². The van der Waals surface area contributed by atoms with Gasteiger partial charge in [-0.2, -0.15) is 13.2 Å². The SMILES string of the molecule is NCc1ccc(C(F)(F)F)nc1N1CCOCC1. The van der Waals surface area contributed by atoms with Crippen LogP contribution in [-0.2, 0) is 17.5 Å². The molecule has 2 rings (SSSR count). The van der Waals surface area contributed by atoms with Crippen LogP contribution in [0, 0.1) is 0 Å². The maximum Gasteiger partial charge on any atom is 0.433 e. The highest BCUT2D eigenvalue weighted by Gasteiger charge is 2.33. The van der Waals surface area contributed by atoms with Crippen molar-refractivity contribution in [1.29, 1.82) is 0 Å². The minimum absolute atomic E-state index is 0.165. The number of halogens is 3. The monoisotopic (exact) mass is 261 g/mol. The van der Waals surface area contributed by atoms with Gasteiger partial charge in [-0.15, -0.1) is 0 Å². The van der Waals surface area contributed by atoms with E-state index in [-0.39, 0.29) is 6.54 Å². The molecule has 18 heavy (non-hydrogen) atoms. The van der Waals surface area contributed by atoms with Gasteiger partial charge in [0, 0.05) is 25.2 Å². The number of nitrogens with two attached hydrogens (primary N) is 1. The van der Waals surface area contributed by atoms with Crippen molar-refractivity contribution in [1.82, 2.24) is 4.98 Å². The second-order valence-corrected chi connectivity index (χ2v) is 3.98. The van der Waals surface area contributed by atoms with E-state index in [4.69, 9.17) is 10.5 Å². The number of nitrogens with zero attached hydrogens (tertiary/aromatic N) is 2. The highest BCUT2D eigenvalue weighted by Crippen LogP contribution is 2.30. The van der Waals surface area contributed by atoms with Crippen molar-refractivity contribution in [2.45, 2.75) is 12.7 Å². The molecule has 1 aromatic heterocycles. The summed E-state index contributed by atoms with van der Waals surface area (Å²) in [6, 6.07) is 2.35. The zero-order valence-corrected chi connectivity index (χ0v) is 9.70. The van der Waals surface area contributed by atoms with E-state index in [1.807, 2.05) is 0 Å². The lowest BCUT2D eigenvalue weighted by Crippen LogP contribution is -2.38. The van der Waals surface area contributed by atoms with Crippen LogP contribution >= 0.6 is 0 Å². The largest absolute Gasteiger partial charge is 0.433 e. The van der Waals surface area contributed by atoms with Crippen LogP contribution in [0.2, 0.25) is 0 Å². The Hall–Kier alpha value is -1.34. The van der Waals surface area contributed by atoms with Crippen molar-refractivity contribution >= 4 is 5.82 Å². The lowest BCUT2D eigenvalue weighted by molar-refractivity contribution is -0.141. The molecule has 0 radical (unpaired) electrons. The molecule has 100 valence electrons. The highest BCUT2D eigenvalue weighted by molar-refractivity contribution is 5.48. The summed E-state index contributed by atoms with van der Waals surface area (Å²) in [5, 5.41) is 0. The Morgan fingerprint density at radius 2 is 1.94 bits per heavy atom. The van der Waals surface area contributed by atoms with Crippen LogP contribution in [-0.4, -0.2) is 31.3 Å². The quantitative estimate of drug-likeness (QED) is 0.874. The molecule has 4 nitrogen and oxygen atoms in total. The van der Waals surface area contributed by atoms with E-state index in [2.05, 4.69) is 4.98 Å². The Morgan fingerprint density at radius 3 is 2.50 bits per heavy atom. The average molecular weight is 261 g/mol. The van der Waals surface area contributed by atoms with Gasteiger partial charge < -0.3 is 15.4 Å². The summed E-state index contributed by atoms with van der Waals surface area (Å²) in [7, 11) is 0. The van der Waals surface area contributed by atoms with Gasteiger partial charge in [0.05, 0.1) is 13.2 Å². The average Bonchev–Trinajstić information content (AvgIpc) is 2.38. The summed E-state index contributed by atoms with van der Waals surface area (Å²) in [6.45, 7) is 2.20. The van der Waals surface area contributed by atoms with Gasteiger partial charge in [-0.1, -0.05) is 6.07 Å². The first-order valence-electron chi connectivity index (χ1n) is 5.62. The molecule has 0 bridgehead atoms. The van der Waals surface area contributed by atoms with E-state index in [0.717, 1.165) is 6.07 Å². The van der Waals surface area contributed by atoms with Crippen LogP contribution in [0.5, 0.6) is 0 Å². The Kier molecular flexibility index (Phi) is 3.72. The summed E-state index contributed by atoms with van der Waals surface area (Å²) < 4.78 is 43.1. The van der Waals surface area contributed by atoms with E-state index in [1.54, 1.807) is 4.90 Å². The molecule has 0 atom stereocenters. The summed E-state index contributed by atoms with van der Waals surface area (Å²) in [5.41, 5.74) is 5.27. The fourth-order valence-corrected chi connectivity index (χ4v) is 1.84. The number of ether oxygens (including phenoxy) is 1. The number of rotatable bonds is 2. The molecular weight excluding hydrogens is 247 g/mol. The van der Waals surface area contributed by atoms with E-state index < -0.39 is 11.9 Å². The molecule has 7 heteroatoms. The van der Waals surface area contributed by atoms with Crippen LogP contribution in [0.3, 0.4) is 0 Å². The Bertz CT molecular complexity index is 416. The second kappa shape index (κ2) is 5.11. The molecule has 2 heterocycles. The number of hydrogen-bond acceptors (Lipinski definition) is 4. The molecule has 0 unspecified atom stereocenters. The van der Waals surface area contributed by atoms with Crippen molar-refractivity contribution in [2.75, 3.05) is 31.2 Å². The maximum absolute atomic E-state index is 12.6. The fourth-order valence-electron chi connectivity index (χ4n) is 1.84. The molecule has 1 saturated heterocycles. The van der Waals surface area contributed by atoms with E-state index >= 15 is 0 Å². The number of hydrogen-bond donors (Lipinski definition) is 1. The number of anilines is 1. The predicted molar refractivity (Wildman–Crippen MR) is 60.2 cm³/mol. The normalized spacial score (nSPS) is 17.0. The van der Waals surface area contributed by atoms with Gasteiger partial charge in [-0.25, -0.2) is 4.98 Å². The van der Waals surface area contributed by atoms with E-state index in [9.17, 15) is 13.2 Å². The summed E-state index contributed by atoms with van der Waals surface area (Å²) >= 11 is 0. The summed E-state index contributed by atoms with van der Waals surface area (Å²) in [5.74, 6) is 0.315. The van der Waals surface area contributed by atoms with Crippen LogP contribution in [0.15, 0.2) is 12.1 Å². The number of pyridine rings is 1. The van der Waals surface area contributed by atoms with Gasteiger partial charge in [0.2, 0.25) is 0 Å². The predicted octanol–water partition coefficient (Wildman–Crippen LogP) is 1.40. The first-order chi connectivity index (χ1) is 8.52. The van der Waals surface area contributed by atoms with Crippen LogP contribution in [0.4, 0.5) is 19.0 Å². The lowest BCUT2D eigenvalue weighted by Gasteiger charge is -2.29. The highest BCUT2D eigenvalue weighted by atomic mass is 19.4. The second-order valence-electron chi connectivity index (χ2n) is 3.98. The molecule has 0 saturated carbocycles. The van der Waals surface area contributed by atoms with Crippen molar-refractivity contribution in [3.05, 3.63) is 23.4 Å². The minimum Gasteiger partial charge on any atom is -0.378 e. The smallest absolute Gasteiger partial charge is 0.378 e. The Balaban J connectivity index is 2.35. The Morgan fingerprint density at radius 1 is 1.28 bits per heavy atom. The molecule has 1 aliphatic heterocycles. The standard InChI is InChI=1S/C11H14F3N3O/c12-11(13,14)9-2-1-8(7-15)10(16-9)17-3-5-18-6-4-17/h1-2H,3-7,15H2. The number of aromatic nitrogens is 1. The molecule has 0 aromatic carbocycles. The van der Waals surface area contributed by atoms with Crippen molar-refractivity contribution in [3.63, 3.8) is 0 Å². The molecule has 0 spiro atoms. The molecule has 1 fully saturated rings. The van der Waals surface area contributed by atoms with Crippen LogP contribution in [0.1, 0.15) is 11.3 Å². The maximum atomic E-state index is 12.6. The zero-order chi connectivity index (χ0) is 13.2. The van der Waals surface area contributed by atoms with Gasteiger partial charge in [0.15, 0.2) is 0 Å². The van der Waals surface area contributed by atoms with Gasteiger partial charge in [0.1, 0.15) is 11.5 Å². The third-order valence-corrected chi connectivity index (χ3v) is 2.78. The molecule has 1 aromatic rings.